The number of aromatic nitrogens is 3. The fourth-order valence-electron chi connectivity index (χ4n) is 2.75. The van der Waals surface area contributed by atoms with Crippen molar-refractivity contribution >= 4 is 5.91 Å². The topological polar surface area (TPSA) is 84.7 Å². The summed E-state index contributed by atoms with van der Waals surface area (Å²) in [4.78, 5) is 23.2. The van der Waals surface area contributed by atoms with Crippen molar-refractivity contribution < 1.29 is 4.79 Å². The van der Waals surface area contributed by atoms with Crippen LogP contribution in [-0.2, 0) is 0 Å². The zero-order chi connectivity index (χ0) is 16.4. The van der Waals surface area contributed by atoms with Crippen LogP contribution in [0.3, 0.4) is 0 Å². The van der Waals surface area contributed by atoms with Crippen molar-refractivity contribution in [2.75, 3.05) is 0 Å². The molecule has 0 aliphatic carbocycles. The second kappa shape index (κ2) is 6.04. The van der Waals surface area contributed by atoms with Crippen LogP contribution in [0, 0.1) is 13.8 Å². The first kappa shape index (κ1) is 15.0. The molecule has 3 rings (SSSR count). The molecule has 0 radical (unpaired) electrons. The van der Waals surface area contributed by atoms with E-state index in [0.717, 1.165) is 17.0 Å². The minimum absolute atomic E-state index is 0.128. The molecule has 1 atom stereocenters. The second-order valence-corrected chi connectivity index (χ2v) is 5.54. The fraction of sp³-hybridized carbons (Fsp3) is 0.167. The Balaban J connectivity index is 2.20. The SMILES string of the molecule is Cc1cccc(C(c2cccc(C(N)=O)n2)c2cnc[nH]2)c1C. The number of carbonyl (C=O) groups excluding carboxylic acids is 1. The van der Waals surface area contributed by atoms with E-state index < -0.39 is 5.91 Å². The summed E-state index contributed by atoms with van der Waals surface area (Å²) in [5.74, 6) is -0.659. The number of imidazole rings is 1. The maximum Gasteiger partial charge on any atom is 0.267 e. The minimum Gasteiger partial charge on any atom is -0.364 e. The van der Waals surface area contributed by atoms with Gasteiger partial charge in [0.15, 0.2) is 0 Å². The van der Waals surface area contributed by atoms with E-state index in [1.807, 2.05) is 12.1 Å². The smallest absolute Gasteiger partial charge is 0.267 e. The Morgan fingerprint density at radius 2 is 1.96 bits per heavy atom. The van der Waals surface area contributed by atoms with Crippen LogP contribution in [0.4, 0.5) is 0 Å². The number of aryl methyl sites for hydroxylation is 1. The van der Waals surface area contributed by atoms with Crippen molar-refractivity contribution in [1.82, 2.24) is 15.0 Å². The molecule has 1 aromatic carbocycles. The number of primary amides is 1. The molecule has 2 heterocycles. The Morgan fingerprint density at radius 3 is 2.65 bits per heavy atom. The van der Waals surface area contributed by atoms with Crippen LogP contribution in [0.2, 0.25) is 0 Å². The summed E-state index contributed by atoms with van der Waals surface area (Å²) in [6.07, 6.45) is 3.43. The van der Waals surface area contributed by atoms with Crippen molar-refractivity contribution in [3.05, 3.63) is 82.7 Å². The van der Waals surface area contributed by atoms with E-state index in [1.54, 1.807) is 24.7 Å². The molecule has 1 amide bonds. The number of aromatic amines is 1. The standard InChI is InChI=1S/C18H18N4O/c1-11-5-3-6-13(12(11)2)17(16-9-20-10-21-16)14-7-4-8-15(22-14)18(19)23/h3-10,17H,1-2H3,(H2,19,23)(H,20,21). The third-order valence-electron chi connectivity index (χ3n) is 4.11. The number of rotatable bonds is 4. The maximum absolute atomic E-state index is 11.5. The Kier molecular flexibility index (Phi) is 3.93. The van der Waals surface area contributed by atoms with Crippen LogP contribution in [0.25, 0.3) is 0 Å². The molecule has 116 valence electrons. The van der Waals surface area contributed by atoms with Gasteiger partial charge in [-0.3, -0.25) is 4.79 Å². The van der Waals surface area contributed by atoms with E-state index in [9.17, 15) is 4.79 Å². The Labute approximate surface area is 134 Å². The van der Waals surface area contributed by atoms with Crippen LogP contribution in [-0.4, -0.2) is 20.9 Å². The molecule has 3 aromatic rings. The molecule has 0 fully saturated rings. The molecule has 2 aromatic heterocycles. The largest absolute Gasteiger partial charge is 0.364 e. The minimum atomic E-state index is -0.531. The fourth-order valence-corrected chi connectivity index (χ4v) is 2.75. The van der Waals surface area contributed by atoms with Crippen molar-refractivity contribution in [2.45, 2.75) is 19.8 Å². The predicted molar refractivity (Wildman–Crippen MR) is 88.2 cm³/mol. The monoisotopic (exact) mass is 306 g/mol. The molecule has 5 nitrogen and oxygen atoms in total. The first-order chi connectivity index (χ1) is 11.1. The van der Waals surface area contributed by atoms with Crippen LogP contribution in [0.15, 0.2) is 48.9 Å². The Bertz CT molecular complexity index is 840. The van der Waals surface area contributed by atoms with Crippen LogP contribution in [0.5, 0.6) is 0 Å². The molecule has 0 saturated heterocycles. The number of carbonyl (C=O) groups is 1. The molecule has 0 saturated carbocycles. The van der Waals surface area contributed by atoms with Gasteiger partial charge in [-0.05, 0) is 42.7 Å². The number of pyridine rings is 1. The van der Waals surface area contributed by atoms with Crippen LogP contribution in [0.1, 0.15) is 44.5 Å². The van der Waals surface area contributed by atoms with E-state index in [0.29, 0.717) is 0 Å². The van der Waals surface area contributed by atoms with Gasteiger partial charge < -0.3 is 10.7 Å². The van der Waals surface area contributed by atoms with E-state index in [1.165, 1.54) is 11.1 Å². The summed E-state index contributed by atoms with van der Waals surface area (Å²) in [5.41, 5.74) is 10.8. The number of nitrogens with two attached hydrogens (primary N) is 1. The molecule has 0 bridgehead atoms. The Hall–Kier alpha value is -2.95. The van der Waals surface area contributed by atoms with Gasteiger partial charge in [0.25, 0.3) is 5.91 Å². The van der Waals surface area contributed by atoms with Gasteiger partial charge in [-0.1, -0.05) is 24.3 Å². The van der Waals surface area contributed by atoms with E-state index in [2.05, 4.69) is 40.9 Å². The van der Waals surface area contributed by atoms with Crippen molar-refractivity contribution in [3.8, 4) is 0 Å². The molecule has 3 N–H and O–H groups in total. The van der Waals surface area contributed by atoms with Crippen molar-refractivity contribution in [2.24, 2.45) is 5.73 Å². The molecular weight excluding hydrogens is 288 g/mol. The van der Waals surface area contributed by atoms with E-state index >= 15 is 0 Å². The average molecular weight is 306 g/mol. The first-order valence-electron chi connectivity index (χ1n) is 7.39. The number of H-pyrrole nitrogens is 1. The highest BCUT2D eigenvalue weighted by atomic mass is 16.1. The summed E-state index contributed by atoms with van der Waals surface area (Å²) >= 11 is 0. The van der Waals surface area contributed by atoms with Gasteiger partial charge >= 0.3 is 0 Å². The summed E-state index contributed by atoms with van der Waals surface area (Å²) < 4.78 is 0. The number of hydrogen-bond acceptors (Lipinski definition) is 3. The molecule has 23 heavy (non-hydrogen) atoms. The van der Waals surface area contributed by atoms with Gasteiger partial charge in [-0.15, -0.1) is 0 Å². The average Bonchev–Trinajstić information content (AvgIpc) is 3.06. The molecule has 5 heteroatoms. The first-order valence-corrected chi connectivity index (χ1v) is 7.39. The van der Waals surface area contributed by atoms with Crippen molar-refractivity contribution in [3.63, 3.8) is 0 Å². The van der Waals surface area contributed by atoms with Crippen LogP contribution >= 0.6 is 0 Å². The lowest BCUT2D eigenvalue weighted by molar-refractivity contribution is 0.0995. The highest BCUT2D eigenvalue weighted by Crippen LogP contribution is 2.32. The zero-order valence-corrected chi connectivity index (χ0v) is 13.1. The lowest BCUT2D eigenvalue weighted by Crippen LogP contribution is -2.16. The summed E-state index contributed by atoms with van der Waals surface area (Å²) in [6, 6.07) is 11.5. The zero-order valence-electron chi connectivity index (χ0n) is 13.1. The van der Waals surface area contributed by atoms with E-state index in [4.69, 9.17) is 5.73 Å². The van der Waals surface area contributed by atoms with Crippen molar-refractivity contribution in [1.29, 1.82) is 0 Å². The lowest BCUT2D eigenvalue weighted by atomic mass is 9.87. The number of amides is 1. The Morgan fingerprint density at radius 1 is 1.17 bits per heavy atom. The number of hydrogen-bond donors (Lipinski definition) is 2. The molecule has 0 spiro atoms. The molecule has 0 aliphatic heterocycles. The summed E-state index contributed by atoms with van der Waals surface area (Å²) in [5, 5.41) is 0. The quantitative estimate of drug-likeness (QED) is 0.777. The van der Waals surface area contributed by atoms with Crippen LogP contribution < -0.4 is 5.73 Å². The predicted octanol–water partition coefficient (Wildman–Crippen LogP) is 2.70. The van der Waals surface area contributed by atoms with E-state index in [-0.39, 0.29) is 11.6 Å². The normalized spacial score (nSPS) is 12.1. The molecular formula is C18H18N4O. The number of benzene rings is 1. The molecule has 0 aliphatic rings. The second-order valence-electron chi connectivity index (χ2n) is 5.54. The third-order valence-corrected chi connectivity index (χ3v) is 4.11. The highest BCUT2D eigenvalue weighted by Gasteiger charge is 2.22. The van der Waals surface area contributed by atoms with Gasteiger partial charge in [-0.25, -0.2) is 9.97 Å². The third kappa shape index (κ3) is 2.85. The van der Waals surface area contributed by atoms with Gasteiger partial charge in [0.05, 0.1) is 17.9 Å². The number of nitrogens with one attached hydrogen (secondary N) is 1. The van der Waals surface area contributed by atoms with Gasteiger partial charge in [0.1, 0.15) is 5.69 Å². The van der Waals surface area contributed by atoms with Gasteiger partial charge in [0.2, 0.25) is 0 Å². The maximum atomic E-state index is 11.5. The highest BCUT2D eigenvalue weighted by molar-refractivity contribution is 5.90. The number of nitrogens with zero attached hydrogens (tertiary/aromatic N) is 2. The summed E-state index contributed by atoms with van der Waals surface area (Å²) in [6.45, 7) is 4.17. The summed E-state index contributed by atoms with van der Waals surface area (Å²) in [7, 11) is 0. The lowest BCUT2D eigenvalue weighted by Gasteiger charge is -2.19. The van der Waals surface area contributed by atoms with Gasteiger partial charge in [-0.2, -0.15) is 0 Å². The molecule has 1 unspecified atom stereocenters. The van der Waals surface area contributed by atoms with Gasteiger partial charge in [0, 0.05) is 11.9 Å².